The molecule has 132 valence electrons. The average molecular weight is 337 g/mol. The molecule has 1 aromatic heterocycles. The molecule has 0 N–H and O–H groups in total. The molecule has 2 heterocycles. The lowest BCUT2D eigenvalue weighted by atomic mass is 9.71. The van der Waals surface area contributed by atoms with E-state index in [-0.39, 0.29) is 0 Å². The van der Waals surface area contributed by atoms with Gasteiger partial charge in [-0.2, -0.15) is 0 Å². The Labute approximate surface area is 150 Å². The zero-order valence-corrected chi connectivity index (χ0v) is 15.2. The van der Waals surface area contributed by atoms with Gasteiger partial charge < -0.3 is 9.64 Å². The number of hydrogen-bond donors (Lipinski definition) is 0. The molecule has 1 saturated heterocycles. The van der Waals surface area contributed by atoms with Gasteiger partial charge in [0.05, 0.1) is 7.11 Å². The zero-order valence-electron chi connectivity index (χ0n) is 15.2. The van der Waals surface area contributed by atoms with Crippen molar-refractivity contribution in [2.75, 3.05) is 20.2 Å². The van der Waals surface area contributed by atoms with Crippen LogP contribution in [0.5, 0.6) is 6.01 Å². The van der Waals surface area contributed by atoms with Gasteiger partial charge in [-0.15, -0.1) is 0 Å². The van der Waals surface area contributed by atoms with Crippen LogP contribution in [-0.4, -0.2) is 41.1 Å². The first-order valence-electron chi connectivity index (χ1n) is 9.43. The maximum Gasteiger partial charge on any atom is 0.316 e. The van der Waals surface area contributed by atoms with E-state index in [1.807, 2.05) is 12.4 Å². The second-order valence-electron chi connectivity index (χ2n) is 7.60. The van der Waals surface area contributed by atoms with Crippen LogP contribution in [0.1, 0.15) is 44.1 Å². The number of methoxy groups -OCH3 is 1. The van der Waals surface area contributed by atoms with Crippen LogP contribution in [0.4, 0.5) is 0 Å². The van der Waals surface area contributed by atoms with Crippen molar-refractivity contribution in [1.29, 1.82) is 0 Å². The van der Waals surface area contributed by atoms with Crippen LogP contribution < -0.4 is 4.74 Å². The standard InChI is InChI=1S/C21H27N3O/c1-15-4-3-9-24(15)14-16-10-19(11-16)17-5-7-18(8-6-17)20-12-22-21(25-2)23-13-20/h5-8,12-13,15-16,19H,3-4,9-11,14H2,1-2H3/t15-,16?,19?/m1/s1. The molecule has 25 heavy (non-hydrogen) atoms. The summed E-state index contributed by atoms with van der Waals surface area (Å²) in [6.07, 6.45) is 9.08. The van der Waals surface area contributed by atoms with E-state index < -0.39 is 0 Å². The Morgan fingerprint density at radius 3 is 2.40 bits per heavy atom. The third kappa shape index (κ3) is 3.54. The van der Waals surface area contributed by atoms with Crippen molar-refractivity contribution in [2.45, 2.75) is 44.6 Å². The molecule has 0 unspecified atom stereocenters. The minimum atomic E-state index is 0.410. The third-order valence-electron chi connectivity index (χ3n) is 5.95. The maximum atomic E-state index is 5.02. The summed E-state index contributed by atoms with van der Waals surface area (Å²) in [4.78, 5) is 11.1. The smallest absolute Gasteiger partial charge is 0.316 e. The summed E-state index contributed by atoms with van der Waals surface area (Å²) in [5.74, 6) is 1.63. The molecule has 0 radical (unpaired) electrons. The quantitative estimate of drug-likeness (QED) is 0.822. The Bertz CT molecular complexity index is 692. The molecule has 0 spiro atoms. The molecule has 1 aliphatic carbocycles. The monoisotopic (exact) mass is 337 g/mol. The summed E-state index contributed by atoms with van der Waals surface area (Å²) in [5, 5.41) is 0. The normalized spacial score (nSPS) is 26.4. The fourth-order valence-corrected chi connectivity index (χ4v) is 4.27. The largest absolute Gasteiger partial charge is 0.467 e. The minimum Gasteiger partial charge on any atom is -0.467 e. The molecule has 4 heteroatoms. The number of ether oxygens (including phenoxy) is 1. The summed E-state index contributed by atoms with van der Waals surface area (Å²) in [6.45, 7) is 4.99. The van der Waals surface area contributed by atoms with Gasteiger partial charge in [0.15, 0.2) is 0 Å². The lowest BCUT2D eigenvalue weighted by Gasteiger charge is -2.39. The molecule has 1 atom stereocenters. The Balaban J connectivity index is 1.33. The number of hydrogen-bond acceptors (Lipinski definition) is 4. The number of benzene rings is 1. The Morgan fingerprint density at radius 2 is 1.80 bits per heavy atom. The lowest BCUT2D eigenvalue weighted by Crippen LogP contribution is -2.37. The van der Waals surface area contributed by atoms with Crippen LogP contribution in [0.15, 0.2) is 36.7 Å². The van der Waals surface area contributed by atoms with Crippen molar-refractivity contribution in [3.05, 3.63) is 42.2 Å². The highest BCUT2D eigenvalue weighted by Crippen LogP contribution is 2.43. The van der Waals surface area contributed by atoms with E-state index in [1.54, 1.807) is 7.11 Å². The summed E-state index contributed by atoms with van der Waals surface area (Å²) in [6, 6.07) is 10.1. The first-order chi connectivity index (χ1) is 12.2. The minimum absolute atomic E-state index is 0.410. The molecule has 0 bridgehead atoms. The van der Waals surface area contributed by atoms with E-state index in [9.17, 15) is 0 Å². The van der Waals surface area contributed by atoms with Crippen LogP contribution in [0.2, 0.25) is 0 Å². The van der Waals surface area contributed by atoms with Crippen LogP contribution in [-0.2, 0) is 0 Å². The molecule has 2 fully saturated rings. The van der Waals surface area contributed by atoms with Gasteiger partial charge in [0.25, 0.3) is 0 Å². The summed E-state index contributed by atoms with van der Waals surface area (Å²) in [7, 11) is 1.58. The average Bonchev–Trinajstić information content (AvgIpc) is 3.03. The van der Waals surface area contributed by atoms with Crippen LogP contribution >= 0.6 is 0 Å². The first kappa shape index (κ1) is 16.5. The fraction of sp³-hybridized carbons (Fsp3) is 0.524. The number of nitrogens with zero attached hydrogens (tertiary/aromatic N) is 3. The molecule has 1 saturated carbocycles. The molecule has 2 aromatic rings. The molecule has 2 aliphatic rings. The number of rotatable bonds is 5. The van der Waals surface area contributed by atoms with Crippen LogP contribution in [0.25, 0.3) is 11.1 Å². The van der Waals surface area contributed by atoms with Crippen molar-refractivity contribution < 1.29 is 4.74 Å². The molecule has 4 rings (SSSR count). The molecule has 1 aliphatic heterocycles. The number of likely N-dealkylation sites (tertiary alicyclic amines) is 1. The van der Waals surface area contributed by atoms with E-state index in [1.165, 1.54) is 44.3 Å². The Kier molecular flexibility index (Phi) is 4.71. The molecule has 0 amide bonds. The van der Waals surface area contributed by atoms with Crippen molar-refractivity contribution in [3.8, 4) is 17.1 Å². The van der Waals surface area contributed by atoms with Gasteiger partial charge in [0, 0.05) is 30.5 Å². The van der Waals surface area contributed by atoms with Crippen LogP contribution in [0, 0.1) is 5.92 Å². The fourth-order valence-electron chi connectivity index (χ4n) is 4.27. The van der Waals surface area contributed by atoms with Crippen LogP contribution in [0.3, 0.4) is 0 Å². The second-order valence-corrected chi connectivity index (χ2v) is 7.60. The van der Waals surface area contributed by atoms with Gasteiger partial charge in [0.2, 0.25) is 0 Å². The van der Waals surface area contributed by atoms with E-state index in [4.69, 9.17) is 4.74 Å². The Morgan fingerprint density at radius 1 is 1.08 bits per heavy atom. The van der Waals surface area contributed by atoms with E-state index >= 15 is 0 Å². The first-order valence-corrected chi connectivity index (χ1v) is 9.43. The van der Waals surface area contributed by atoms with Crippen molar-refractivity contribution in [2.24, 2.45) is 5.92 Å². The predicted molar refractivity (Wildman–Crippen MR) is 99.8 cm³/mol. The van der Waals surface area contributed by atoms with Crippen molar-refractivity contribution in [1.82, 2.24) is 14.9 Å². The highest BCUT2D eigenvalue weighted by atomic mass is 16.5. The predicted octanol–water partition coefficient (Wildman–Crippen LogP) is 4.13. The number of aromatic nitrogens is 2. The second kappa shape index (κ2) is 7.12. The molecular weight excluding hydrogens is 310 g/mol. The summed E-state index contributed by atoms with van der Waals surface area (Å²) in [5.41, 5.74) is 3.67. The van der Waals surface area contributed by atoms with Crippen molar-refractivity contribution >= 4 is 0 Å². The SMILES string of the molecule is COc1ncc(-c2ccc(C3CC(CN4CCC[C@H]4C)C3)cc2)cn1. The van der Waals surface area contributed by atoms with Gasteiger partial charge in [-0.1, -0.05) is 24.3 Å². The lowest BCUT2D eigenvalue weighted by molar-refractivity contribution is 0.154. The summed E-state index contributed by atoms with van der Waals surface area (Å²) < 4.78 is 5.02. The van der Waals surface area contributed by atoms with Gasteiger partial charge in [-0.05, 0) is 62.1 Å². The van der Waals surface area contributed by atoms with Gasteiger partial charge in [-0.25, -0.2) is 9.97 Å². The highest BCUT2D eigenvalue weighted by Gasteiger charge is 2.33. The third-order valence-corrected chi connectivity index (χ3v) is 5.95. The summed E-state index contributed by atoms with van der Waals surface area (Å²) >= 11 is 0. The Hall–Kier alpha value is -1.94. The maximum absolute atomic E-state index is 5.02. The molecule has 1 aromatic carbocycles. The van der Waals surface area contributed by atoms with E-state index in [0.717, 1.165) is 29.0 Å². The zero-order chi connectivity index (χ0) is 17.2. The van der Waals surface area contributed by atoms with E-state index in [0.29, 0.717) is 6.01 Å². The van der Waals surface area contributed by atoms with Gasteiger partial charge in [0.1, 0.15) is 0 Å². The topological polar surface area (TPSA) is 38.2 Å². The van der Waals surface area contributed by atoms with Gasteiger partial charge >= 0.3 is 6.01 Å². The van der Waals surface area contributed by atoms with Crippen molar-refractivity contribution in [3.63, 3.8) is 0 Å². The molecule has 4 nitrogen and oxygen atoms in total. The molecular formula is C21H27N3O. The van der Waals surface area contributed by atoms with Gasteiger partial charge in [-0.3, -0.25) is 0 Å². The van der Waals surface area contributed by atoms with E-state index in [2.05, 4.69) is 46.1 Å². The highest BCUT2D eigenvalue weighted by molar-refractivity contribution is 5.62.